The van der Waals surface area contributed by atoms with Crippen molar-refractivity contribution < 1.29 is 23.0 Å². The minimum atomic E-state index is -4.55. The first-order valence-corrected chi connectivity index (χ1v) is 5.27. The standard InChI is InChI=1S/C10H17F3O2/c1-7-2-3-9(14)8(6-7)4-5-15-10(11,12)13/h7-9,14H,2-6H2,1H3. The van der Waals surface area contributed by atoms with Crippen LogP contribution in [0.3, 0.4) is 0 Å². The van der Waals surface area contributed by atoms with Crippen molar-refractivity contribution in [2.75, 3.05) is 6.61 Å². The lowest BCUT2D eigenvalue weighted by Crippen LogP contribution is -2.29. The zero-order valence-corrected chi connectivity index (χ0v) is 8.76. The second-order valence-electron chi connectivity index (χ2n) is 4.33. The number of aliphatic hydroxyl groups is 1. The van der Waals surface area contributed by atoms with Gasteiger partial charge in [0.25, 0.3) is 0 Å². The molecule has 0 aliphatic heterocycles. The van der Waals surface area contributed by atoms with E-state index in [1.807, 2.05) is 0 Å². The molecule has 1 aliphatic rings. The molecule has 5 heteroatoms. The second-order valence-corrected chi connectivity index (χ2v) is 4.33. The van der Waals surface area contributed by atoms with Gasteiger partial charge in [-0.15, -0.1) is 13.2 Å². The number of ether oxygens (including phenoxy) is 1. The molecule has 0 aromatic carbocycles. The number of rotatable bonds is 3. The fraction of sp³-hybridized carbons (Fsp3) is 1.00. The van der Waals surface area contributed by atoms with E-state index in [4.69, 9.17) is 0 Å². The van der Waals surface area contributed by atoms with Crippen LogP contribution in [-0.2, 0) is 4.74 Å². The summed E-state index contributed by atoms with van der Waals surface area (Å²) in [6.07, 6.45) is -2.29. The average Bonchev–Trinajstić information content (AvgIpc) is 2.09. The largest absolute Gasteiger partial charge is 0.522 e. The fourth-order valence-corrected chi connectivity index (χ4v) is 2.12. The molecule has 1 fully saturated rings. The molecule has 1 N–H and O–H groups in total. The average molecular weight is 226 g/mol. The van der Waals surface area contributed by atoms with Crippen LogP contribution in [0, 0.1) is 11.8 Å². The summed E-state index contributed by atoms with van der Waals surface area (Å²) in [7, 11) is 0. The van der Waals surface area contributed by atoms with Crippen LogP contribution in [-0.4, -0.2) is 24.2 Å². The third kappa shape index (κ3) is 4.84. The van der Waals surface area contributed by atoms with Gasteiger partial charge in [0, 0.05) is 0 Å². The van der Waals surface area contributed by atoms with Crippen LogP contribution < -0.4 is 0 Å². The lowest BCUT2D eigenvalue weighted by atomic mass is 9.79. The number of alkyl halides is 3. The first-order valence-electron chi connectivity index (χ1n) is 5.27. The molecule has 0 amide bonds. The zero-order chi connectivity index (χ0) is 11.5. The van der Waals surface area contributed by atoms with Crippen LogP contribution in [0.5, 0.6) is 0 Å². The lowest BCUT2D eigenvalue weighted by molar-refractivity contribution is -0.325. The third-order valence-corrected chi connectivity index (χ3v) is 2.96. The van der Waals surface area contributed by atoms with Gasteiger partial charge >= 0.3 is 6.36 Å². The summed E-state index contributed by atoms with van der Waals surface area (Å²) in [5.74, 6) is 0.445. The van der Waals surface area contributed by atoms with Crippen molar-refractivity contribution in [3.8, 4) is 0 Å². The summed E-state index contributed by atoms with van der Waals surface area (Å²) in [6.45, 7) is 1.71. The SMILES string of the molecule is CC1CCC(O)C(CCOC(F)(F)F)C1. The van der Waals surface area contributed by atoms with Crippen molar-refractivity contribution in [2.24, 2.45) is 11.8 Å². The maximum atomic E-state index is 11.7. The second kappa shape index (κ2) is 5.16. The van der Waals surface area contributed by atoms with Crippen LogP contribution in [0.25, 0.3) is 0 Å². The van der Waals surface area contributed by atoms with Gasteiger partial charge in [0.1, 0.15) is 0 Å². The molecule has 1 saturated carbocycles. The molecule has 0 heterocycles. The maximum Gasteiger partial charge on any atom is 0.522 e. The van der Waals surface area contributed by atoms with E-state index in [0.717, 1.165) is 12.8 Å². The van der Waals surface area contributed by atoms with Gasteiger partial charge in [0.15, 0.2) is 0 Å². The highest BCUT2D eigenvalue weighted by atomic mass is 19.4. The zero-order valence-electron chi connectivity index (χ0n) is 8.76. The van der Waals surface area contributed by atoms with E-state index in [9.17, 15) is 18.3 Å². The quantitative estimate of drug-likeness (QED) is 0.801. The Kier molecular flexibility index (Phi) is 4.40. The Morgan fingerprint density at radius 3 is 2.60 bits per heavy atom. The smallest absolute Gasteiger partial charge is 0.393 e. The molecule has 2 nitrogen and oxygen atoms in total. The van der Waals surface area contributed by atoms with Gasteiger partial charge in [-0.05, 0) is 37.5 Å². The molecule has 0 spiro atoms. The molecule has 0 saturated heterocycles. The van der Waals surface area contributed by atoms with Gasteiger partial charge in [0.2, 0.25) is 0 Å². The Bertz CT molecular complexity index is 194. The van der Waals surface area contributed by atoms with Crippen molar-refractivity contribution in [3.05, 3.63) is 0 Å². The number of hydrogen-bond acceptors (Lipinski definition) is 2. The molecule has 3 atom stereocenters. The molecule has 3 unspecified atom stereocenters. The van der Waals surface area contributed by atoms with E-state index in [-0.39, 0.29) is 18.9 Å². The van der Waals surface area contributed by atoms with Gasteiger partial charge in [-0.1, -0.05) is 6.92 Å². The van der Waals surface area contributed by atoms with E-state index in [2.05, 4.69) is 11.7 Å². The normalized spacial score (nSPS) is 33.0. The van der Waals surface area contributed by atoms with E-state index in [1.54, 1.807) is 0 Å². The molecule has 1 rings (SSSR count). The molecule has 0 bridgehead atoms. The van der Waals surface area contributed by atoms with E-state index < -0.39 is 12.5 Å². The van der Waals surface area contributed by atoms with Crippen molar-refractivity contribution in [1.29, 1.82) is 0 Å². The number of halogens is 3. The van der Waals surface area contributed by atoms with Crippen LogP contribution in [0.15, 0.2) is 0 Å². The Balaban J connectivity index is 2.24. The summed E-state index contributed by atoms with van der Waals surface area (Å²) in [4.78, 5) is 0. The lowest BCUT2D eigenvalue weighted by Gasteiger charge is -2.31. The topological polar surface area (TPSA) is 29.5 Å². The highest BCUT2D eigenvalue weighted by Gasteiger charge is 2.31. The molecular formula is C10H17F3O2. The minimum absolute atomic E-state index is 0.0453. The molecule has 0 aromatic heterocycles. The van der Waals surface area contributed by atoms with E-state index >= 15 is 0 Å². The van der Waals surface area contributed by atoms with Gasteiger partial charge in [-0.2, -0.15) is 0 Å². The van der Waals surface area contributed by atoms with E-state index in [0.29, 0.717) is 12.3 Å². The van der Waals surface area contributed by atoms with Crippen LogP contribution in [0.2, 0.25) is 0 Å². The molecule has 90 valence electrons. The first kappa shape index (κ1) is 12.8. The first-order chi connectivity index (χ1) is 6.88. The monoisotopic (exact) mass is 226 g/mol. The number of hydrogen-bond donors (Lipinski definition) is 1. The Morgan fingerprint density at radius 1 is 1.33 bits per heavy atom. The Hall–Kier alpha value is -0.290. The summed E-state index contributed by atoms with van der Waals surface area (Å²) in [5, 5.41) is 9.58. The van der Waals surface area contributed by atoms with Crippen molar-refractivity contribution in [1.82, 2.24) is 0 Å². The predicted octanol–water partition coefficient (Wildman–Crippen LogP) is 2.71. The van der Waals surface area contributed by atoms with Crippen LogP contribution >= 0.6 is 0 Å². The third-order valence-electron chi connectivity index (χ3n) is 2.96. The van der Waals surface area contributed by atoms with E-state index in [1.165, 1.54) is 0 Å². The summed E-state index contributed by atoms with van der Waals surface area (Å²) >= 11 is 0. The van der Waals surface area contributed by atoms with Crippen molar-refractivity contribution in [2.45, 2.75) is 45.1 Å². The van der Waals surface area contributed by atoms with Crippen molar-refractivity contribution >= 4 is 0 Å². The molecule has 15 heavy (non-hydrogen) atoms. The molecule has 1 aliphatic carbocycles. The Morgan fingerprint density at radius 2 is 2.00 bits per heavy atom. The summed E-state index contributed by atoms with van der Waals surface area (Å²) in [5.41, 5.74) is 0. The molecular weight excluding hydrogens is 209 g/mol. The minimum Gasteiger partial charge on any atom is -0.393 e. The van der Waals surface area contributed by atoms with Crippen LogP contribution in [0.4, 0.5) is 13.2 Å². The van der Waals surface area contributed by atoms with Gasteiger partial charge in [0.05, 0.1) is 12.7 Å². The molecule has 0 aromatic rings. The van der Waals surface area contributed by atoms with Gasteiger partial charge < -0.3 is 5.11 Å². The van der Waals surface area contributed by atoms with Gasteiger partial charge in [-0.3, -0.25) is 4.74 Å². The highest BCUT2D eigenvalue weighted by molar-refractivity contribution is 4.77. The van der Waals surface area contributed by atoms with Crippen LogP contribution in [0.1, 0.15) is 32.6 Å². The number of aliphatic hydroxyl groups excluding tert-OH is 1. The molecule has 0 radical (unpaired) electrons. The fourth-order valence-electron chi connectivity index (χ4n) is 2.12. The maximum absolute atomic E-state index is 11.7. The predicted molar refractivity (Wildman–Crippen MR) is 49.1 cm³/mol. The highest BCUT2D eigenvalue weighted by Crippen LogP contribution is 2.31. The summed E-state index contributed by atoms with van der Waals surface area (Å²) < 4.78 is 38.8. The van der Waals surface area contributed by atoms with Gasteiger partial charge in [-0.25, -0.2) is 0 Å². The summed E-state index contributed by atoms with van der Waals surface area (Å²) in [6, 6.07) is 0. The van der Waals surface area contributed by atoms with Crippen molar-refractivity contribution in [3.63, 3.8) is 0 Å². The Labute approximate surface area is 87.4 Å².